The van der Waals surface area contributed by atoms with Gasteiger partial charge in [-0.3, -0.25) is 4.98 Å². The lowest BCUT2D eigenvalue weighted by atomic mass is 9.93. The van der Waals surface area contributed by atoms with Crippen LogP contribution in [0.3, 0.4) is 0 Å². The number of methoxy groups -OCH3 is 3. The minimum atomic E-state index is -0.964. The van der Waals surface area contributed by atoms with Crippen molar-refractivity contribution in [2.75, 3.05) is 21.3 Å². The summed E-state index contributed by atoms with van der Waals surface area (Å²) in [7, 11) is 4.76. The van der Waals surface area contributed by atoms with E-state index in [-0.39, 0.29) is 0 Å². The van der Waals surface area contributed by atoms with Gasteiger partial charge in [0.1, 0.15) is 5.75 Å². The second kappa shape index (κ2) is 7.02. The first kappa shape index (κ1) is 16.9. The van der Waals surface area contributed by atoms with Gasteiger partial charge in [-0.1, -0.05) is 0 Å². The van der Waals surface area contributed by atoms with Gasteiger partial charge in [0.2, 0.25) is 0 Å². The number of nitrogens with zero attached hydrogens (tertiary/aromatic N) is 1. The third-order valence-corrected chi connectivity index (χ3v) is 3.43. The normalized spacial score (nSPS) is 14.4. The number of aryl methyl sites for hydroxylation is 1. The molecule has 0 saturated heterocycles. The molecular weight excluding hydrogens is 258 g/mol. The summed E-state index contributed by atoms with van der Waals surface area (Å²) in [6.07, 6.45) is 2.12. The molecule has 20 heavy (non-hydrogen) atoms. The van der Waals surface area contributed by atoms with E-state index in [1.54, 1.807) is 34.4 Å². The van der Waals surface area contributed by atoms with Crippen LogP contribution >= 0.6 is 0 Å². The molecule has 0 spiro atoms. The van der Waals surface area contributed by atoms with Crippen LogP contribution in [0.25, 0.3) is 0 Å². The molecule has 1 heterocycles. The van der Waals surface area contributed by atoms with E-state index in [4.69, 9.17) is 14.2 Å². The van der Waals surface area contributed by atoms with Crippen molar-refractivity contribution in [2.45, 2.75) is 45.5 Å². The highest BCUT2D eigenvalue weighted by Crippen LogP contribution is 2.28. The van der Waals surface area contributed by atoms with E-state index in [9.17, 15) is 5.11 Å². The van der Waals surface area contributed by atoms with Gasteiger partial charge in [0.05, 0.1) is 12.7 Å². The quantitative estimate of drug-likeness (QED) is 0.776. The largest absolute Gasteiger partial charge is 0.496 e. The van der Waals surface area contributed by atoms with Crippen LogP contribution < -0.4 is 4.74 Å². The molecule has 1 atom stereocenters. The molecule has 0 aliphatic rings. The summed E-state index contributed by atoms with van der Waals surface area (Å²) in [5.74, 6) is 0.820. The SMILES string of the molecule is COc1c(C)cnc(CC(C)(O)CC(OC)OC)c1C. The number of pyridine rings is 1. The molecule has 0 saturated carbocycles. The average Bonchev–Trinajstić information content (AvgIpc) is 2.40. The van der Waals surface area contributed by atoms with E-state index in [2.05, 4.69) is 4.98 Å². The smallest absolute Gasteiger partial charge is 0.159 e. The van der Waals surface area contributed by atoms with Crippen molar-refractivity contribution in [3.63, 3.8) is 0 Å². The Bertz CT molecular complexity index is 442. The van der Waals surface area contributed by atoms with E-state index in [0.29, 0.717) is 12.8 Å². The van der Waals surface area contributed by atoms with Crippen LogP contribution in [0.2, 0.25) is 0 Å². The Balaban J connectivity index is 2.92. The molecule has 1 N–H and O–H groups in total. The van der Waals surface area contributed by atoms with E-state index >= 15 is 0 Å². The van der Waals surface area contributed by atoms with Gasteiger partial charge in [0.25, 0.3) is 0 Å². The summed E-state index contributed by atoms with van der Waals surface area (Å²) < 4.78 is 15.7. The molecule has 1 unspecified atom stereocenters. The fraction of sp³-hybridized carbons (Fsp3) is 0.667. The molecule has 0 fully saturated rings. The molecule has 1 rings (SSSR count). The second-order valence-corrected chi connectivity index (χ2v) is 5.32. The van der Waals surface area contributed by atoms with Crippen molar-refractivity contribution in [2.24, 2.45) is 0 Å². The van der Waals surface area contributed by atoms with Gasteiger partial charge in [-0.15, -0.1) is 0 Å². The molecule has 5 nitrogen and oxygen atoms in total. The Labute approximate surface area is 120 Å². The number of ether oxygens (including phenoxy) is 3. The molecular formula is C15H25NO4. The maximum atomic E-state index is 10.5. The predicted octanol–water partition coefficient (Wildman–Crippen LogP) is 2.01. The summed E-state index contributed by atoms with van der Waals surface area (Å²) in [5.41, 5.74) is 1.80. The molecule has 0 bridgehead atoms. The van der Waals surface area contributed by atoms with Gasteiger partial charge in [0, 0.05) is 50.1 Å². The summed E-state index contributed by atoms with van der Waals surface area (Å²) in [5, 5.41) is 10.5. The van der Waals surface area contributed by atoms with Crippen molar-refractivity contribution < 1.29 is 19.3 Å². The van der Waals surface area contributed by atoms with E-state index in [1.807, 2.05) is 13.8 Å². The maximum Gasteiger partial charge on any atom is 0.159 e. The van der Waals surface area contributed by atoms with Crippen LogP contribution in [0, 0.1) is 13.8 Å². The van der Waals surface area contributed by atoms with E-state index in [0.717, 1.165) is 22.6 Å². The molecule has 0 aliphatic carbocycles. The van der Waals surface area contributed by atoms with Crippen molar-refractivity contribution >= 4 is 0 Å². The lowest BCUT2D eigenvalue weighted by Crippen LogP contribution is -2.34. The van der Waals surface area contributed by atoms with E-state index in [1.165, 1.54) is 0 Å². The summed E-state index contributed by atoms with van der Waals surface area (Å²) in [6, 6.07) is 0. The molecule has 0 amide bonds. The standard InChI is InChI=1S/C15H25NO4/c1-10-9-16-12(11(2)14(10)20-6)7-15(3,17)8-13(18-4)19-5/h9,13,17H,7-8H2,1-6H3. The van der Waals surface area contributed by atoms with Crippen molar-refractivity contribution in [3.05, 3.63) is 23.0 Å². The van der Waals surface area contributed by atoms with Crippen molar-refractivity contribution in [1.82, 2.24) is 4.98 Å². The van der Waals surface area contributed by atoms with Crippen LogP contribution in [0.5, 0.6) is 5.75 Å². The fourth-order valence-electron chi connectivity index (χ4n) is 2.30. The van der Waals surface area contributed by atoms with Crippen LogP contribution in [0.4, 0.5) is 0 Å². The highest BCUT2D eigenvalue weighted by atomic mass is 16.7. The highest BCUT2D eigenvalue weighted by Gasteiger charge is 2.28. The predicted molar refractivity (Wildman–Crippen MR) is 77.0 cm³/mol. The first-order chi connectivity index (χ1) is 9.34. The number of hydrogen-bond acceptors (Lipinski definition) is 5. The van der Waals surface area contributed by atoms with Crippen molar-refractivity contribution in [3.8, 4) is 5.75 Å². The average molecular weight is 283 g/mol. The molecule has 1 aromatic heterocycles. The van der Waals surface area contributed by atoms with Gasteiger partial charge in [-0.2, -0.15) is 0 Å². The fourth-order valence-corrected chi connectivity index (χ4v) is 2.30. The lowest BCUT2D eigenvalue weighted by molar-refractivity contribution is -0.140. The highest BCUT2D eigenvalue weighted by molar-refractivity contribution is 5.41. The zero-order valence-corrected chi connectivity index (χ0v) is 13.2. The van der Waals surface area contributed by atoms with Gasteiger partial charge >= 0.3 is 0 Å². The van der Waals surface area contributed by atoms with Crippen LogP contribution in [0.1, 0.15) is 30.2 Å². The Kier molecular flexibility index (Phi) is 5.92. The Morgan fingerprint density at radius 2 is 1.85 bits per heavy atom. The molecule has 5 heteroatoms. The van der Waals surface area contributed by atoms with Gasteiger partial charge in [-0.05, 0) is 20.8 Å². The summed E-state index contributed by atoms with van der Waals surface area (Å²) in [6.45, 7) is 5.66. The Morgan fingerprint density at radius 3 is 2.35 bits per heavy atom. The number of rotatable bonds is 7. The third-order valence-electron chi connectivity index (χ3n) is 3.43. The maximum absolute atomic E-state index is 10.5. The zero-order chi connectivity index (χ0) is 15.3. The summed E-state index contributed by atoms with van der Waals surface area (Å²) in [4.78, 5) is 4.41. The minimum Gasteiger partial charge on any atom is -0.496 e. The first-order valence-electron chi connectivity index (χ1n) is 6.61. The number of hydrogen-bond donors (Lipinski definition) is 1. The monoisotopic (exact) mass is 283 g/mol. The Hall–Kier alpha value is -1.17. The molecule has 0 aromatic carbocycles. The molecule has 0 radical (unpaired) electrons. The van der Waals surface area contributed by atoms with Crippen LogP contribution in [-0.2, 0) is 15.9 Å². The second-order valence-electron chi connectivity index (χ2n) is 5.32. The number of aliphatic hydroxyl groups is 1. The summed E-state index contributed by atoms with van der Waals surface area (Å²) >= 11 is 0. The minimum absolute atomic E-state index is 0.372. The first-order valence-corrected chi connectivity index (χ1v) is 6.61. The molecule has 1 aromatic rings. The van der Waals surface area contributed by atoms with Crippen LogP contribution in [0.15, 0.2) is 6.20 Å². The van der Waals surface area contributed by atoms with E-state index < -0.39 is 11.9 Å². The van der Waals surface area contributed by atoms with Gasteiger partial charge in [-0.25, -0.2) is 0 Å². The van der Waals surface area contributed by atoms with Crippen LogP contribution in [-0.4, -0.2) is 43.3 Å². The van der Waals surface area contributed by atoms with Gasteiger partial charge < -0.3 is 19.3 Å². The Morgan fingerprint density at radius 1 is 1.25 bits per heavy atom. The molecule has 0 aliphatic heterocycles. The van der Waals surface area contributed by atoms with Crippen molar-refractivity contribution in [1.29, 1.82) is 0 Å². The lowest BCUT2D eigenvalue weighted by Gasteiger charge is -2.27. The number of aromatic nitrogens is 1. The zero-order valence-electron chi connectivity index (χ0n) is 13.2. The molecule has 114 valence electrons. The third kappa shape index (κ3) is 4.16. The van der Waals surface area contributed by atoms with Gasteiger partial charge in [0.15, 0.2) is 6.29 Å². The topological polar surface area (TPSA) is 60.8 Å².